The Morgan fingerprint density at radius 1 is 1.36 bits per heavy atom. The molecule has 0 radical (unpaired) electrons. The number of nitrogens with one attached hydrogen (secondary N) is 1. The highest BCUT2D eigenvalue weighted by Crippen LogP contribution is 2.17. The lowest BCUT2D eigenvalue weighted by atomic mass is 10.1. The summed E-state index contributed by atoms with van der Waals surface area (Å²) in [5, 5.41) is 17.7. The zero-order valence-electron chi connectivity index (χ0n) is 14.3. The van der Waals surface area contributed by atoms with Crippen LogP contribution < -0.4 is 5.32 Å². The summed E-state index contributed by atoms with van der Waals surface area (Å²) in [6.07, 6.45) is 2.47. The molecule has 0 unspecified atom stereocenters. The number of aryl methyl sites for hydroxylation is 2. The van der Waals surface area contributed by atoms with Gasteiger partial charge in [-0.05, 0) is 26.2 Å². The van der Waals surface area contributed by atoms with Gasteiger partial charge < -0.3 is 15.3 Å². The minimum atomic E-state index is -0.236. The summed E-state index contributed by atoms with van der Waals surface area (Å²) in [6, 6.07) is 0. The van der Waals surface area contributed by atoms with Crippen LogP contribution in [0.4, 0.5) is 0 Å². The van der Waals surface area contributed by atoms with Gasteiger partial charge in [0.05, 0.1) is 18.3 Å². The second-order valence-electron chi connectivity index (χ2n) is 5.76. The molecule has 1 aromatic rings. The largest absolute Gasteiger partial charge is 0.391 e. The molecule has 2 N–H and O–H groups in total. The molecule has 0 amide bonds. The average molecular weight is 307 g/mol. The number of hydrogen-bond donors (Lipinski definition) is 2. The van der Waals surface area contributed by atoms with Crippen LogP contribution in [0.3, 0.4) is 0 Å². The second-order valence-corrected chi connectivity index (χ2v) is 5.76. The fraction of sp³-hybridized carbons (Fsp3) is 0.750. The molecule has 22 heavy (non-hydrogen) atoms. The summed E-state index contributed by atoms with van der Waals surface area (Å²) in [6.45, 7) is 9.38. The van der Waals surface area contributed by atoms with Crippen molar-refractivity contribution < 1.29 is 5.11 Å². The Morgan fingerprint density at radius 3 is 2.68 bits per heavy atom. The Balaban J connectivity index is 2.20. The molecule has 0 saturated carbocycles. The maximum atomic E-state index is 9.73. The topological polar surface area (TPSA) is 65.7 Å². The zero-order chi connectivity index (χ0) is 16.1. The lowest BCUT2D eigenvalue weighted by Gasteiger charge is -2.21. The molecule has 1 aliphatic rings. The maximum Gasteiger partial charge on any atom is 0.194 e. The summed E-state index contributed by atoms with van der Waals surface area (Å²) >= 11 is 0. The molecular formula is C16H29N5O. The molecule has 2 rings (SSSR count). The van der Waals surface area contributed by atoms with Gasteiger partial charge in [0.1, 0.15) is 0 Å². The van der Waals surface area contributed by atoms with E-state index in [1.807, 2.05) is 11.7 Å². The standard InChI is InChI=1S/C16H29N5O/c1-5-14-13(15(6-2)20(4)19-14)10-18-16(17-7-3)21-9-8-12(22)11-21/h12,22H,5-11H2,1-4H3,(H,17,18)/t12-/m1/s1. The fourth-order valence-corrected chi connectivity index (χ4v) is 3.09. The Hall–Kier alpha value is -1.56. The first-order valence-corrected chi connectivity index (χ1v) is 8.35. The molecule has 1 saturated heterocycles. The van der Waals surface area contributed by atoms with Crippen molar-refractivity contribution in [3.8, 4) is 0 Å². The van der Waals surface area contributed by atoms with Gasteiger partial charge in [-0.15, -0.1) is 0 Å². The SMILES string of the molecule is CCNC(=NCc1c(CC)nn(C)c1CC)N1CC[C@@H](O)C1. The third kappa shape index (κ3) is 3.61. The lowest BCUT2D eigenvalue weighted by Crippen LogP contribution is -2.40. The average Bonchev–Trinajstić information content (AvgIpc) is 3.06. The molecule has 124 valence electrons. The Labute approximate surface area is 133 Å². The van der Waals surface area contributed by atoms with Crippen LogP contribution in [0.1, 0.15) is 44.1 Å². The van der Waals surface area contributed by atoms with Crippen LogP contribution in [-0.2, 0) is 26.4 Å². The number of β-amino-alcohol motifs (C(OH)–C–C–N with tert-alkyl or cyclic N) is 1. The number of hydrogen-bond acceptors (Lipinski definition) is 3. The van der Waals surface area contributed by atoms with Gasteiger partial charge in [-0.3, -0.25) is 4.68 Å². The van der Waals surface area contributed by atoms with E-state index in [1.54, 1.807) is 0 Å². The third-order valence-corrected chi connectivity index (χ3v) is 4.21. The Kier molecular flexibility index (Phi) is 5.83. The summed E-state index contributed by atoms with van der Waals surface area (Å²) in [7, 11) is 2.01. The van der Waals surface area contributed by atoms with Gasteiger partial charge in [-0.25, -0.2) is 4.99 Å². The number of aliphatic hydroxyl groups excluding tert-OH is 1. The highest BCUT2D eigenvalue weighted by atomic mass is 16.3. The number of aliphatic imine (C=N–C) groups is 1. The number of likely N-dealkylation sites (tertiary alicyclic amines) is 1. The molecule has 0 aliphatic carbocycles. The molecule has 2 heterocycles. The smallest absolute Gasteiger partial charge is 0.194 e. The van der Waals surface area contributed by atoms with Gasteiger partial charge >= 0.3 is 0 Å². The van der Waals surface area contributed by atoms with Crippen molar-refractivity contribution in [1.29, 1.82) is 0 Å². The van der Waals surface area contributed by atoms with E-state index in [0.29, 0.717) is 13.1 Å². The maximum absolute atomic E-state index is 9.73. The number of aliphatic hydroxyl groups is 1. The summed E-state index contributed by atoms with van der Waals surface area (Å²) in [5.41, 5.74) is 3.65. The van der Waals surface area contributed by atoms with Crippen LogP contribution in [0.15, 0.2) is 4.99 Å². The van der Waals surface area contributed by atoms with Crippen LogP contribution in [0.2, 0.25) is 0 Å². The Bertz CT molecular complexity index is 523. The van der Waals surface area contributed by atoms with Gasteiger partial charge in [0, 0.05) is 37.9 Å². The highest BCUT2D eigenvalue weighted by Gasteiger charge is 2.23. The van der Waals surface area contributed by atoms with Crippen molar-refractivity contribution in [3.63, 3.8) is 0 Å². The zero-order valence-corrected chi connectivity index (χ0v) is 14.3. The van der Waals surface area contributed by atoms with Crippen molar-refractivity contribution in [2.75, 3.05) is 19.6 Å². The third-order valence-electron chi connectivity index (χ3n) is 4.21. The van der Waals surface area contributed by atoms with Gasteiger partial charge in [0.25, 0.3) is 0 Å². The molecule has 0 bridgehead atoms. The van der Waals surface area contributed by atoms with Gasteiger partial charge in [-0.1, -0.05) is 13.8 Å². The quantitative estimate of drug-likeness (QED) is 0.631. The minimum Gasteiger partial charge on any atom is -0.391 e. The molecule has 0 spiro atoms. The van der Waals surface area contributed by atoms with E-state index in [-0.39, 0.29) is 6.10 Å². The molecule has 1 aromatic heterocycles. The molecule has 1 fully saturated rings. The van der Waals surface area contributed by atoms with E-state index >= 15 is 0 Å². The normalized spacial score (nSPS) is 19.0. The minimum absolute atomic E-state index is 0.236. The molecule has 1 aliphatic heterocycles. The van der Waals surface area contributed by atoms with Crippen LogP contribution in [-0.4, -0.2) is 51.5 Å². The number of nitrogens with zero attached hydrogens (tertiary/aromatic N) is 4. The monoisotopic (exact) mass is 307 g/mol. The molecular weight excluding hydrogens is 278 g/mol. The molecule has 0 aromatic carbocycles. The first-order chi connectivity index (χ1) is 10.6. The van der Waals surface area contributed by atoms with E-state index in [1.165, 1.54) is 11.3 Å². The first-order valence-electron chi connectivity index (χ1n) is 8.35. The molecule has 6 nitrogen and oxygen atoms in total. The second kappa shape index (κ2) is 7.63. The van der Waals surface area contributed by atoms with Crippen molar-refractivity contribution in [2.45, 2.75) is 52.7 Å². The van der Waals surface area contributed by atoms with E-state index in [9.17, 15) is 5.11 Å². The summed E-state index contributed by atoms with van der Waals surface area (Å²) < 4.78 is 1.98. The van der Waals surface area contributed by atoms with Crippen molar-refractivity contribution in [3.05, 3.63) is 17.0 Å². The van der Waals surface area contributed by atoms with Crippen LogP contribution in [0, 0.1) is 0 Å². The van der Waals surface area contributed by atoms with Gasteiger partial charge in [0.15, 0.2) is 5.96 Å². The summed E-state index contributed by atoms with van der Waals surface area (Å²) in [4.78, 5) is 6.94. The number of rotatable bonds is 5. The molecule has 1 atom stereocenters. The van der Waals surface area contributed by atoms with Crippen LogP contribution >= 0.6 is 0 Å². The predicted octanol–water partition coefficient (Wildman–Crippen LogP) is 1.08. The van der Waals surface area contributed by atoms with Gasteiger partial charge in [0.2, 0.25) is 0 Å². The number of guanidine groups is 1. The van der Waals surface area contributed by atoms with E-state index < -0.39 is 0 Å². The van der Waals surface area contributed by atoms with Crippen LogP contribution in [0.5, 0.6) is 0 Å². The summed E-state index contributed by atoms with van der Waals surface area (Å²) in [5.74, 6) is 0.895. The van der Waals surface area contributed by atoms with Crippen molar-refractivity contribution >= 4 is 5.96 Å². The van der Waals surface area contributed by atoms with Gasteiger partial charge in [-0.2, -0.15) is 5.10 Å². The van der Waals surface area contributed by atoms with Crippen molar-refractivity contribution in [1.82, 2.24) is 20.0 Å². The highest BCUT2D eigenvalue weighted by molar-refractivity contribution is 5.80. The first kappa shape index (κ1) is 16.8. The fourth-order valence-electron chi connectivity index (χ4n) is 3.09. The van der Waals surface area contributed by atoms with Crippen LogP contribution in [0.25, 0.3) is 0 Å². The lowest BCUT2D eigenvalue weighted by molar-refractivity contribution is 0.188. The van der Waals surface area contributed by atoms with Crippen molar-refractivity contribution in [2.24, 2.45) is 12.0 Å². The molecule has 6 heteroatoms. The van der Waals surface area contributed by atoms with E-state index in [4.69, 9.17) is 4.99 Å². The van der Waals surface area contributed by atoms with E-state index in [2.05, 4.69) is 36.1 Å². The number of aromatic nitrogens is 2. The van der Waals surface area contributed by atoms with E-state index in [0.717, 1.165) is 44.0 Å². The Morgan fingerprint density at radius 2 is 2.14 bits per heavy atom. The predicted molar refractivity (Wildman–Crippen MR) is 89.0 cm³/mol.